The van der Waals surface area contributed by atoms with Crippen molar-refractivity contribution in [3.63, 3.8) is 0 Å². The molecular weight excluding hydrogens is 547 g/mol. The minimum atomic E-state index is 0.0954. The van der Waals surface area contributed by atoms with E-state index in [1.165, 1.54) is 3.57 Å². The van der Waals surface area contributed by atoms with Gasteiger partial charge in [0, 0.05) is 23.8 Å². The first kappa shape index (κ1) is 15.2. The molecule has 1 rings (SSSR count). The molecule has 0 bridgehead atoms. The fourth-order valence-corrected chi connectivity index (χ4v) is 5.68. The second-order valence-electron chi connectivity index (χ2n) is 3.15. The van der Waals surface area contributed by atoms with Crippen LogP contribution < -0.4 is 4.90 Å². The zero-order chi connectivity index (χ0) is 12.1. The average Bonchev–Trinajstić information content (AvgIpc) is 2.16. The van der Waals surface area contributed by atoms with E-state index in [1.807, 2.05) is 4.90 Å². The van der Waals surface area contributed by atoms with Crippen LogP contribution in [0.25, 0.3) is 0 Å². The minimum absolute atomic E-state index is 0.0954. The van der Waals surface area contributed by atoms with Crippen molar-refractivity contribution in [2.24, 2.45) is 0 Å². The fraction of sp³-hybridized carbons (Fsp3) is 0.400. The van der Waals surface area contributed by atoms with Crippen LogP contribution in [0.1, 0.15) is 0 Å². The predicted octanol–water partition coefficient (Wildman–Crippen LogP) is 2.29. The average molecular weight is 559 g/mol. The van der Waals surface area contributed by atoms with E-state index in [2.05, 4.69) is 79.9 Å². The lowest BCUT2D eigenvalue weighted by Crippen LogP contribution is -2.31. The van der Waals surface area contributed by atoms with Gasteiger partial charge in [0.2, 0.25) is 0 Å². The van der Waals surface area contributed by atoms with Crippen molar-refractivity contribution in [1.29, 1.82) is 0 Å². The Kier molecular flexibility index (Phi) is 7.16. The molecule has 3 nitrogen and oxygen atoms in total. The topological polar surface area (TPSA) is 43.7 Å². The third-order valence-corrected chi connectivity index (χ3v) is 4.31. The number of anilines is 1. The van der Waals surface area contributed by atoms with Crippen LogP contribution in [-0.4, -0.2) is 36.5 Å². The Labute approximate surface area is 136 Å². The number of hydrogen-bond donors (Lipinski definition) is 2. The van der Waals surface area contributed by atoms with E-state index in [4.69, 9.17) is 10.2 Å². The van der Waals surface area contributed by atoms with Gasteiger partial charge >= 0.3 is 0 Å². The van der Waals surface area contributed by atoms with Gasteiger partial charge in [-0.25, -0.2) is 0 Å². The van der Waals surface area contributed by atoms with Crippen molar-refractivity contribution in [3.05, 3.63) is 22.8 Å². The zero-order valence-electron chi connectivity index (χ0n) is 8.46. The number of halogens is 3. The van der Waals surface area contributed by atoms with Gasteiger partial charge in [-0.05, 0) is 79.9 Å². The van der Waals surface area contributed by atoms with Crippen molar-refractivity contribution in [1.82, 2.24) is 0 Å². The number of aliphatic hydroxyl groups excluding tert-OH is 2. The van der Waals surface area contributed by atoms with Crippen LogP contribution in [0.2, 0.25) is 0 Å². The molecule has 1 aromatic rings. The van der Waals surface area contributed by atoms with Crippen LogP contribution in [0.4, 0.5) is 5.69 Å². The van der Waals surface area contributed by atoms with Crippen molar-refractivity contribution in [2.45, 2.75) is 0 Å². The van der Waals surface area contributed by atoms with E-state index in [1.54, 1.807) is 0 Å². The van der Waals surface area contributed by atoms with Crippen molar-refractivity contribution < 1.29 is 10.2 Å². The van der Waals surface area contributed by atoms with Crippen molar-refractivity contribution >= 4 is 73.5 Å². The van der Waals surface area contributed by atoms with Crippen LogP contribution in [0.3, 0.4) is 0 Å². The third-order valence-electron chi connectivity index (χ3n) is 2.04. The molecule has 0 unspecified atom stereocenters. The standard InChI is InChI=1S/C10H12I3NO2/c11-7-5-8(12)10(9(13)6-7)14(1-3-15)2-4-16/h5-6,15-16H,1-4H2. The maximum absolute atomic E-state index is 9.03. The summed E-state index contributed by atoms with van der Waals surface area (Å²) in [6, 6.07) is 4.20. The van der Waals surface area contributed by atoms with Gasteiger partial charge in [-0.1, -0.05) is 0 Å². The maximum Gasteiger partial charge on any atom is 0.0639 e. The molecule has 0 atom stereocenters. The summed E-state index contributed by atoms with van der Waals surface area (Å²) in [5, 5.41) is 18.1. The van der Waals surface area contributed by atoms with E-state index in [0.29, 0.717) is 13.1 Å². The molecule has 0 aliphatic carbocycles. The molecule has 0 aliphatic rings. The molecule has 90 valence electrons. The smallest absolute Gasteiger partial charge is 0.0639 e. The predicted molar refractivity (Wildman–Crippen MR) is 91.0 cm³/mol. The van der Waals surface area contributed by atoms with E-state index in [9.17, 15) is 0 Å². The summed E-state index contributed by atoms with van der Waals surface area (Å²) >= 11 is 6.87. The summed E-state index contributed by atoms with van der Waals surface area (Å²) in [5.74, 6) is 0. The molecule has 0 saturated heterocycles. The maximum atomic E-state index is 9.03. The molecule has 0 saturated carbocycles. The van der Waals surface area contributed by atoms with E-state index < -0.39 is 0 Å². The van der Waals surface area contributed by atoms with Crippen LogP contribution in [0.15, 0.2) is 12.1 Å². The molecule has 0 aromatic heterocycles. The second kappa shape index (κ2) is 7.54. The van der Waals surface area contributed by atoms with Gasteiger partial charge in [-0.15, -0.1) is 0 Å². The Morgan fingerprint density at radius 3 is 1.75 bits per heavy atom. The summed E-state index contributed by atoms with van der Waals surface area (Å²) in [4.78, 5) is 2.01. The van der Waals surface area contributed by atoms with Gasteiger partial charge in [0.25, 0.3) is 0 Å². The normalized spacial score (nSPS) is 10.6. The molecule has 16 heavy (non-hydrogen) atoms. The molecular formula is C10H12I3NO2. The lowest BCUT2D eigenvalue weighted by Gasteiger charge is -2.25. The van der Waals surface area contributed by atoms with Crippen LogP contribution >= 0.6 is 67.8 Å². The van der Waals surface area contributed by atoms with Crippen LogP contribution in [0, 0.1) is 10.7 Å². The number of nitrogens with zero attached hydrogens (tertiary/aromatic N) is 1. The zero-order valence-corrected chi connectivity index (χ0v) is 14.9. The first-order chi connectivity index (χ1) is 7.60. The van der Waals surface area contributed by atoms with Crippen LogP contribution in [-0.2, 0) is 0 Å². The van der Waals surface area contributed by atoms with Crippen molar-refractivity contribution in [2.75, 3.05) is 31.2 Å². The van der Waals surface area contributed by atoms with Gasteiger partial charge in [-0.2, -0.15) is 0 Å². The SMILES string of the molecule is OCCN(CCO)c1c(I)cc(I)cc1I. The monoisotopic (exact) mass is 559 g/mol. The highest BCUT2D eigenvalue weighted by atomic mass is 127. The van der Waals surface area contributed by atoms with Gasteiger partial charge in [0.1, 0.15) is 0 Å². The molecule has 0 spiro atoms. The van der Waals surface area contributed by atoms with Gasteiger partial charge < -0.3 is 15.1 Å². The Balaban J connectivity index is 3.07. The van der Waals surface area contributed by atoms with E-state index in [-0.39, 0.29) is 13.2 Å². The van der Waals surface area contributed by atoms with Gasteiger partial charge in [0.15, 0.2) is 0 Å². The van der Waals surface area contributed by atoms with E-state index >= 15 is 0 Å². The molecule has 0 fully saturated rings. The molecule has 0 heterocycles. The summed E-state index contributed by atoms with van der Waals surface area (Å²) in [6.45, 7) is 1.29. The number of hydrogen-bond acceptors (Lipinski definition) is 3. The quantitative estimate of drug-likeness (QED) is 0.545. The summed E-state index contributed by atoms with van der Waals surface area (Å²) in [5.41, 5.74) is 1.10. The highest BCUT2D eigenvalue weighted by molar-refractivity contribution is 14.1. The number of rotatable bonds is 5. The summed E-state index contributed by atoms with van der Waals surface area (Å²) in [7, 11) is 0. The largest absolute Gasteiger partial charge is 0.395 e. The Bertz CT molecular complexity index is 331. The highest BCUT2D eigenvalue weighted by Crippen LogP contribution is 2.30. The fourth-order valence-electron chi connectivity index (χ4n) is 1.41. The number of benzene rings is 1. The molecule has 0 aliphatic heterocycles. The molecule has 0 amide bonds. The summed E-state index contributed by atoms with van der Waals surface area (Å²) in [6.07, 6.45) is 0. The number of aliphatic hydroxyl groups is 2. The third kappa shape index (κ3) is 4.10. The first-order valence-corrected chi connectivity index (χ1v) is 7.95. The Hall–Kier alpha value is 1.13. The molecule has 0 radical (unpaired) electrons. The van der Waals surface area contributed by atoms with Gasteiger partial charge in [-0.3, -0.25) is 0 Å². The van der Waals surface area contributed by atoms with Crippen LogP contribution in [0.5, 0.6) is 0 Å². The Morgan fingerprint density at radius 1 is 0.938 bits per heavy atom. The second-order valence-corrected chi connectivity index (χ2v) is 6.72. The molecule has 2 N–H and O–H groups in total. The lowest BCUT2D eigenvalue weighted by molar-refractivity contribution is 0.281. The lowest BCUT2D eigenvalue weighted by atomic mass is 10.3. The molecule has 6 heteroatoms. The Morgan fingerprint density at radius 2 is 1.38 bits per heavy atom. The minimum Gasteiger partial charge on any atom is -0.395 e. The van der Waals surface area contributed by atoms with Crippen molar-refractivity contribution in [3.8, 4) is 0 Å². The van der Waals surface area contributed by atoms with E-state index in [0.717, 1.165) is 12.8 Å². The summed E-state index contributed by atoms with van der Waals surface area (Å²) < 4.78 is 3.50. The van der Waals surface area contributed by atoms with Gasteiger partial charge in [0.05, 0.1) is 18.9 Å². The highest BCUT2D eigenvalue weighted by Gasteiger charge is 2.13. The molecule has 1 aromatic carbocycles. The first-order valence-electron chi connectivity index (χ1n) is 4.71.